The predicted molar refractivity (Wildman–Crippen MR) is 92.2 cm³/mol. The van der Waals surface area contributed by atoms with Crippen molar-refractivity contribution in [3.8, 4) is 0 Å². The zero-order valence-corrected chi connectivity index (χ0v) is 13.6. The maximum atomic E-state index is 12.3. The monoisotopic (exact) mass is 316 g/mol. The lowest BCUT2D eigenvalue weighted by Gasteiger charge is -2.22. The third-order valence-corrected chi connectivity index (χ3v) is 4.11. The second-order valence-electron chi connectivity index (χ2n) is 4.94. The molecule has 0 bridgehead atoms. The lowest BCUT2D eigenvalue weighted by Crippen LogP contribution is -2.29. The van der Waals surface area contributed by atoms with Crippen LogP contribution in [0.15, 0.2) is 54.6 Å². The minimum atomic E-state index is -0.907. The van der Waals surface area contributed by atoms with Crippen LogP contribution in [-0.2, 0) is 10.8 Å². The normalized spacial score (nSPS) is 11.7. The van der Waals surface area contributed by atoms with Crippen molar-refractivity contribution < 1.29 is 9.00 Å². The van der Waals surface area contributed by atoms with Crippen LogP contribution in [-0.4, -0.2) is 35.7 Å². The molecular formula is C17H20N2O2S. The molecule has 2 aromatic carbocycles. The second kappa shape index (κ2) is 7.75. The minimum absolute atomic E-state index is 0.149. The van der Waals surface area contributed by atoms with Crippen LogP contribution < -0.4 is 10.2 Å². The molecule has 0 saturated heterocycles. The molecule has 0 unspecified atom stereocenters. The van der Waals surface area contributed by atoms with E-state index in [0.717, 1.165) is 11.4 Å². The lowest BCUT2D eigenvalue weighted by atomic mass is 10.1. The van der Waals surface area contributed by atoms with Gasteiger partial charge in [0.25, 0.3) is 5.91 Å². The van der Waals surface area contributed by atoms with E-state index in [9.17, 15) is 9.00 Å². The smallest absolute Gasteiger partial charge is 0.253 e. The first-order valence-corrected chi connectivity index (χ1v) is 8.78. The van der Waals surface area contributed by atoms with Crippen LogP contribution >= 0.6 is 0 Å². The number of hydrogen-bond donors (Lipinski definition) is 1. The molecule has 5 heteroatoms. The van der Waals surface area contributed by atoms with Crippen LogP contribution in [0.3, 0.4) is 0 Å². The molecule has 2 rings (SSSR count). The molecule has 2 aromatic rings. The Morgan fingerprint density at radius 3 is 2.41 bits per heavy atom. The van der Waals surface area contributed by atoms with Gasteiger partial charge in [-0.05, 0) is 24.3 Å². The number of carbonyl (C=O) groups is 1. The van der Waals surface area contributed by atoms with Crippen molar-refractivity contribution in [2.75, 3.05) is 30.5 Å². The minimum Gasteiger partial charge on any atom is -0.351 e. The Labute approximate surface area is 133 Å². The Hall–Kier alpha value is -2.14. The second-order valence-corrected chi connectivity index (χ2v) is 6.50. The fourth-order valence-corrected chi connectivity index (χ4v) is 2.54. The van der Waals surface area contributed by atoms with Gasteiger partial charge in [0.05, 0.1) is 11.3 Å². The fourth-order valence-electron chi connectivity index (χ4n) is 2.15. The topological polar surface area (TPSA) is 49.4 Å². The first-order chi connectivity index (χ1) is 10.6. The first kappa shape index (κ1) is 16.2. The Morgan fingerprint density at radius 2 is 1.73 bits per heavy atom. The quantitative estimate of drug-likeness (QED) is 0.891. The molecule has 0 aliphatic rings. The first-order valence-electron chi connectivity index (χ1n) is 7.05. The van der Waals surface area contributed by atoms with Gasteiger partial charge in [0, 0.05) is 42.1 Å². The number of rotatable bonds is 6. The van der Waals surface area contributed by atoms with Crippen LogP contribution in [0.2, 0.25) is 0 Å². The number of para-hydroxylation sites is 2. The Bertz CT molecular complexity index is 659. The Morgan fingerprint density at radius 1 is 1.09 bits per heavy atom. The van der Waals surface area contributed by atoms with E-state index in [2.05, 4.69) is 5.32 Å². The summed E-state index contributed by atoms with van der Waals surface area (Å²) in [6.45, 7) is 0.408. The summed E-state index contributed by atoms with van der Waals surface area (Å²) < 4.78 is 11.1. The molecular weight excluding hydrogens is 296 g/mol. The summed E-state index contributed by atoms with van der Waals surface area (Å²) in [4.78, 5) is 14.3. The lowest BCUT2D eigenvalue weighted by molar-refractivity contribution is 0.0957. The number of amides is 1. The number of nitrogens with one attached hydrogen (secondary N) is 1. The van der Waals surface area contributed by atoms with Crippen LogP contribution in [0.1, 0.15) is 10.4 Å². The Balaban J connectivity index is 2.19. The molecule has 22 heavy (non-hydrogen) atoms. The summed E-state index contributed by atoms with van der Waals surface area (Å²) >= 11 is 0. The number of carbonyl (C=O) groups excluding carboxylic acids is 1. The zero-order chi connectivity index (χ0) is 15.9. The predicted octanol–water partition coefficient (Wildman–Crippen LogP) is 2.56. The van der Waals surface area contributed by atoms with E-state index in [-0.39, 0.29) is 5.91 Å². The van der Waals surface area contributed by atoms with E-state index in [1.54, 1.807) is 12.3 Å². The third kappa shape index (κ3) is 4.18. The maximum Gasteiger partial charge on any atom is 0.253 e. The summed E-state index contributed by atoms with van der Waals surface area (Å²) in [5.41, 5.74) is 2.46. The average molecular weight is 316 g/mol. The summed E-state index contributed by atoms with van der Waals surface area (Å²) in [6.07, 6.45) is 1.63. The van der Waals surface area contributed by atoms with E-state index >= 15 is 0 Å². The standard InChI is InChI=1S/C17H20N2O2S/c1-19(14-8-4-3-5-9-14)16-11-7-6-10-15(16)17(20)18-12-13-22(2)21/h3-11H,12-13H2,1-2H3,(H,18,20)/t22-/m0/s1. The molecule has 0 aromatic heterocycles. The van der Waals surface area contributed by atoms with Gasteiger partial charge >= 0.3 is 0 Å². The van der Waals surface area contributed by atoms with Crippen LogP contribution in [0.4, 0.5) is 11.4 Å². The fraction of sp³-hybridized carbons (Fsp3) is 0.235. The van der Waals surface area contributed by atoms with E-state index in [1.807, 2.05) is 60.5 Å². The van der Waals surface area contributed by atoms with Gasteiger partial charge in [0.2, 0.25) is 0 Å². The van der Waals surface area contributed by atoms with Gasteiger partial charge in [0.1, 0.15) is 0 Å². The molecule has 4 nitrogen and oxygen atoms in total. The van der Waals surface area contributed by atoms with E-state index in [4.69, 9.17) is 0 Å². The zero-order valence-electron chi connectivity index (χ0n) is 12.8. The van der Waals surface area contributed by atoms with Crippen LogP contribution in [0, 0.1) is 0 Å². The summed E-state index contributed by atoms with van der Waals surface area (Å²) in [5, 5.41) is 2.82. The summed E-state index contributed by atoms with van der Waals surface area (Å²) in [7, 11) is 1.03. The number of hydrogen-bond acceptors (Lipinski definition) is 3. The Kier molecular flexibility index (Phi) is 5.72. The van der Waals surface area contributed by atoms with E-state index in [1.165, 1.54) is 0 Å². The molecule has 116 valence electrons. The summed E-state index contributed by atoms with van der Waals surface area (Å²) in [6, 6.07) is 17.3. The van der Waals surface area contributed by atoms with Crippen molar-refractivity contribution in [3.05, 3.63) is 60.2 Å². The molecule has 0 heterocycles. The average Bonchev–Trinajstić information content (AvgIpc) is 2.54. The van der Waals surface area contributed by atoms with Crippen LogP contribution in [0.5, 0.6) is 0 Å². The van der Waals surface area contributed by atoms with Gasteiger partial charge in [-0.25, -0.2) is 0 Å². The van der Waals surface area contributed by atoms with Crippen molar-refractivity contribution in [2.45, 2.75) is 0 Å². The molecule has 0 spiro atoms. The highest BCUT2D eigenvalue weighted by atomic mass is 32.2. The summed E-state index contributed by atoms with van der Waals surface area (Å²) in [5.74, 6) is 0.312. The van der Waals surface area contributed by atoms with Crippen molar-refractivity contribution in [1.29, 1.82) is 0 Å². The van der Waals surface area contributed by atoms with Gasteiger partial charge < -0.3 is 10.2 Å². The van der Waals surface area contributed by atoms with Crippen molar-refractivity contribution >= 4 is 28.1 Å². The number of nitrogens with zero attached hydrogens (tertiary/aromatic N) is 1. The number of benzene rings is 2. The van der Waals surface area contributed by atoms with Crippen molar-refractivity contribution in [1.82, 2.24) is 5.32 Å². The molecule has 1 amide bonds. The van der Waals surface area contributed by atoms with Gasteiger partial charge in [-0.2, -0.15) is 0 Å². The molecule has 0 aliphatic heterocycles. The molecule has 0 fully saturated rings. The van der Waals surface area contributed by atoms with E-state index < -0.39 is 10.8 Å². The molecule has 0 saturated carbocycles. The van der Waals surface area contributed by atoms with Crippen molar-refractivity contribution in [2.24, 2.45) is 0 Å². The highest BCUT2D eigenvalue weighted by Gasteiger charge is 2.14. The SMILES string of the molecule is CN(c1ccccc1)c1ccccc1C(=O)NCC[S@](C)=O. The van der Waals surface area contributed by atoms with Gasteiger partial charge in [-0.3, -0.25) is 9.00 Å². The molecule has 1 N–H and O–H groups in total. The highest BCUT2D eigenvalue weighted by molar-refractivity contribution is 7.84. The molecule has 0 radical (unpaired) electrons. The van der Waals surface area contributed by atoms with Crippen molar-refractivity contribution in [3.63, 3.8) is 0 Å². The van der Waals surface area contributed by atoms with Crippen LogP contribution in [0.25, 0.3) is 0 Å². The van der Waals surface area contributed by atoms with E-state index in [0.29, 0.717) is 17.9 Å². The molecule has 0 aliphatic carbocycles. The van der Waals surface area contributed by atoms with Gasteiger partial charge in [-0.15, -0.1) is 0 Å². The van der Waals surface area contributed by atoms with Gasteiger partial charge in [-0.1, -0.05) is 30.3 Å². The number of anilines is 2. The maximum absolute atomic E-state index is 12.3. The third-order valence-electron chi connectivity index (χ3n) is 3.33. The van der Waals surface area contributed by atoms with Gasteiger partial charge in [0.15, 0.2) is 0 Å². The molecule has 1 atom stereocenters. The highest BCUT2D eigenvalue weighted by Crippen LogP contribution is 2.26. The largest absolute Gasteiger partial charge is 0.351 e.